The van der Waals surface area contributed by atoms with E-state index in [-0.39, 0.29) is 12.5 Å². The van der Waals surface area contributed by atoms with Crippen molar-refractivity contribution in [2.75, 3.05) is 6.61 Å². The van der Waals surface area contributed by atoms with Crippen molar-refractivity contribution < 1.29 is 14.3 Å². The normalized spacial score (nSPS) is 10.4. The van der Waals surface area contributed by atoms with E-state index in [1.165, 1.54) is 11.3 Å². The van der Waals surface area contributed by atoms with Crippen LogP contribution in [0.5, 0.6) is 5.75 Å². The summed E-state index contributed by atoms with van der Waals surface area (Å²) in [5.41, 5.74) is 4.67. The second-order valence-corrected chi connectivity index (χ2v) is 7.37. The zero-order valence-corrected chi connectivity index (χ0v) is 14.8. The Hall–Kier alpha value is -2.38. The monoisotopic (exact) mass is 404 g/mol. The molecule has 2 amide bonds. The standard InChI is InChI=1S/C17H13BrN2O3S/c18-15-8-7-14(24-15)17(22)20-19-16(21)10-23-13-6-5-11-3-1-2-4-12(11)9-13/h1-9H,10H2,(H,19,21)(H,20,22). The first-order chi connectivity index (χ1) is 11.6. The molecule has 2 N–H and O–H groups in total. The molecule has 0 radical (unpaired) electrons. The van der Waals surface area contributed by atoms with Crippen molar-refractivity contribution in [2.45, 2.75) is 0 Å². The third kappa shape index (κ3) is 4.12. The Balaban J connectivity index is 1.50. The minimum atomic E-state index is -0.438. The lowest BCUT2D eigenvalue weighted by Gasteiger charge is -2.09. The van der Waals surface area contributed by atoms with E-state index in [1.807, 2.05) is 36.4 Å². The number of hydrogen-bond acceptors (Lipinski definition) is 4. The van der Waals surface area contributed by atoms with Gasteiger partial charge in [-0.05, 0) is 51.0 Å². The fourth-order valence-electron chi connectivity index (χ4n) is 2.07. The maximum absolute atomic E-state index is 11.8. The largest absolute Gasteiger partial charge is 0.484 e. The third-order valence-corrected chi connectivity index (χ3v) is 4.83. The van der Waals surface area contributed by atoms with Crippen molar-refractivity contribution in [3.63, 3.8) is 0 Å². The molecule has 0 saturated carbocycles. The van der Waals surface area contributed by atoms with Gasteiger partial charge in [0.1, 0.15) is 5.75 Å². The summed E-state index contributed by atoms with van der Waals surface area (Å²) in [5, 5.41) is 2.13. The van der Waals surface area contributed by atoms with E-state index in [0.29, 0.717) is 10.6 Å². The summed E-state index contributed by atoms with van der Waals surface area (Å²) < 4.78 is 6.30. The highest BCUT2D eigenvalue weighted by Gasteiger charge is 2.10. The number of carbonyl (C=O) groups is 2. The topological polar surface area (TPSA) is 67.4 Å². The Morgan fingerprint density at radius 2 is 1.79 bits per heavy atom. The number of fused-ring (bicyclic) bond motifs is 1. The van der Waals surface area contributed by atoms with E-state index in [9.17, 15) is 9.59 Å². The molecular weight excluding hydrogens is 392 g/mol. The van der Waals surface area contributed by atoms with E-state index in [2.05, 4.69) is 26.8 Å². The zero-order valence-electron chi connectivity index (χ0n) is 12.4. The summed E-state index contributed by atoms with van der Waals surface area (Å²) >= 11 is 4.56. The molecule has 0 atom stereocenters. The van der Waals surface area contributed by atoms with Crippen LogP contribution in [0.3, 0.4) is 0 Å². The van der Waals surface area contributed by atoms with Crippen molar-refractivity contribution in [2.24, 2.45) is 0 Å². The van der Waals surface area contributed by atoms with Gasteiger partial charge in [0.15, 0.2) is 6.61 Å². The van der Waals surface area contributed by atoms with E-state index >= 15 is 0 Å². The molecule has 0 spiro atoms. The quantitative estimate of drug-likeness (QED) is 0.653. The highest BCUT2D eigenvalue weighted by molar-refractivity contribution is 9.11. The Kier molecular flexibility index (Phi) is 5.12. The van der Waals surface area contributed by atoms with Crippen molar-refractivity contribution in [3.05, 3.63) is 63.3 Å². The smallest absolute Gasteiger partial charge is 0.279 e. The molecular formula is C17H13BrN2O3S. The van der Waals surface area contributed by atoms with Gasteiger partial charge in [-0.3, -0.25) is 20.4 Å². The molecule has 5 nitrogen and oxygen atoms in total. The molecule has 1 heterocycles. The number of nitrogens with one attached hydrogen (secondary N) is 2. The van der Waals surface area contributed by atoms with Crippen LogP contribution in [0.15, 0.2) is 58.4 Å². The lowest BCUT2D eigenvalue weighted by atomic mass is 10.1. The summed E-state index contributed by atoms with van der Waals surface area (Å²) in [6.45, 7) is -0.188. The molecule has 0 aliphatic heterocycles. The summed E-state index contributed by atoms with van der Waals surface area (Å²) in [6.07, 6.45) is 0. The van der Waals surface area contributed by atoms with Gasteiger partial charge in [-0.25, -0.2) is 0 Å². The van der Waals surface area contributed by atoms with Crippen molar-refractivity contribution in [1.82, 2.24) is 10.9 Å². The molecule has 1 aromatic heterocycles. The molecule has 0 aliphatic carbocycles. The van der Waals surface area contributed by atoms with Crippen LogP contribution in [0.4, 0.5) is 0 Å². The average molecular weight is 405 g/mol. The number of carbonyl (C=O) groups excluding carboxylic acids is 2. The lowest BCUT2D eigenvalue weighted by molar-refractivity contribution is -0.123. The van der Waals surface area contributed by atoms with E-state index < -0.39 is 5.91 Å². The summed E-state index contributed by atoms with van der Waals surface area (Å²) in [4.78, 5) is 24.1. The van der Waals surface area contributed by atoms with Gasteiger partial charge in [0.2, 0.25) is 0 Å². The van der Waals surface area contributed by atoms with E-state index in [1.54, 1.807) is 18.2 Å². The van der Waals surface area contributed by atoms with Crippen LogP contribution in [0.2, 0.25) is 0 Å². The highest BCUT2D eigenvalue weighted by Crippen LogP contribution is 2.22. The third-order valence-electron chi connectivity index (χ3n) is 3.20. The van der Waals surface area contributed by atoms with E-state index in [4.69, 9.17) is 4.74 Å². The number of hydrogen-bond donors (Lipinski definition) is 2. The van der Waals surface area contributed by atoms with Gasteiger partial charge in [-0.2, -0.15) is 0 Å². The second-order valence-electron chi connectivity index (χ2n) is 4.90. The fourth-order valence-corrected chi connectivity index (χ4v) is 3.35. The Morgan fingerprint density at radius 3 is 2.54 bits per heavy atom. The first kappa shape index (κ1) is 16.5. The van der Waals surface area contributed by atoms with Crippen LogP contribution < -0.4 is 15.6 Å². The van der Waals surface area contributed by atoms with Gasteiger partial charge in [-0.15, -0.1) is 11.3 Å². The average Bonchev–Trinajstić information content (AvgIpc) is 3.04. The second kappa shape index (κ2) is 7.46. The summed E-state index contributed by atoms with van der Waals surface area (Å²) in [7, 11) is 0. The number of thiophene rings is 1. The molecule has 0 saturated heterocycles. The van der Waals surface area contributed by atoms with Gasteiger partial charge in [0, 0.05) is 0 Å². The number of rotatable bonds is 4. The van der Waals surface area contributed by atoms with Gasteiger partial charge in [-0.1, -0.05) is 30.3 Å². The summed E-state index contributed by atoms with van der Waals surface area (Å²) in [5.74, 6) is -0.214. The van der Waals surface area contributed by atoms with Crippen molar-refractivity contribution in [1.29, 1.82) is 0 Å². The molecule has 0 bridgehead atoms. The van der Waals surface area contributed by atoms with E-state index in [0.717, 1.165) is 14.6 Å². The molecule has 0 aliphatic rings. The Morgan fingerprint density at radius 1 is 1.00 bits per heavy atom. The lowest BCUT2D eigenvalue weighted by Crippen LogP contribution is -2.43. The van der Waals surface area contributed by atoms with Crippen LogP contribution in [0.1, 0.15) is 9.67 Å². The predicted molar refractivity (Wildman–Crippen MR) is 97.1 cm³/mol. The fraction of sp³-hybridized carbons (Fsp3) is 0.0588. The highest BCUT2D eigenvalue weighted by atomic mass is 79.9. The molecule has 0 unspecified atom stereocenters. The maximum atomic E-state index is 11.8. The number of benzene rings is 2. The molecule has 3 aromatic rings. The number of halogens is 1. The van der Waals surface area contributed by atoms with Gasteiger partial charge in [0.25, 0.3) is 11.8 Å². The van der Waals surface area contributed by atoms with Gasteiger partial charge < -0.3 is 4.74 Å². The first-order valence-electron chi connectivity index (χ1n) is 7.08. The summed E-state index contributed by atoms with van der Waals surface area (Å²) in [6, 6.07) is 16.9. The molecule has 24 heavy (non-hydrogen) atoms. The van der Waals surface area contributed by atoms with Crippen LogP contribution in [-0.2, 0) is 4.79 Å². The molecule has 3 rings (SSSR count). The first-order valence-corrected chi connectivity index (χ1v) is 8.69. The number of amides is 2. The zero-order chi connectivity index (χ0) is 16.9. The maximum Gasteiger partial charge on any atom is 0.279 e. The predicted octanol–water partition coefficient (Wildman–Crippen LogP) is 3.50. The van der Waals surface area contributed by atoms with Gasteiger partial charge in [0.05, 0.1) is 8.66 Å². The number of ether oxygens (including phenoxy) is 1. The Bertz CT molecular complexity index is 894. The molecule has 0 fully saturated rings. The minimum Gasteiger partial charge on any atom is -0.484 e. The SMILES string of the molecule is O=C(COc1ccc2ccccc2c1)NNC(=O)c1ccc(Br)s1. The van der Waals surface area contributed by atoms with Crippen LogP contribution >= 0.6 is 27.3 Å². The van der Waals surface area contributed by atoms with Crippen LogP contribution in [0, 0.1) is 0 Å². The van der Waals surface area contributed by atoms with Crippen molar-refractivity contribution >= 4 is 49.9 Å². The molecule has 7 heteroatoms. The minimum absolute atomic E-state index is 0.188. The van der Waals surface area contributed by atoms with Crippen molar-refractivity contribution in [3.8, 4) is 5.75 Å². The van der Waals surface area contributed by atoms with Gasteiger partial charge >= 0.3 is 0 Å². The molecule has 2 aromatic carbocycles. The molecule has 122 valence electrons. The Labute approximate surface area is 150 Å². The number of hydrazine groups is 1. The van der Waals surface area contributed by atoms with Crippen LogP contribution in [-0.4, -0.2) is 18.4 Å². The van der Waals surface area contributed by atoms with Crippen LogP contribution in [0.25, 0.3) is 10.8 Å².